The molecular weight excluding hydrogens is 450 g/mol. The molecule has 3 N–H and O–H groups in total. The van der Waals surface area contributed by atoms with Crippen LogP contribution in [0.1, 0.15) is 29.7 Å². The first-order chi connectivity index (χ1) is 15.7. The van der Waals surface area contributed by atoms with Gasteiger partial charge in [0.15, 0.2) is 0 Å². The summed E-state index contributed by atoms with van der Waals surface area (Å²) in [5, 5.41) is 4.76. The van der Waals surface area contributed by atoms with E-state index in [0.717, 1.165) is 17.2 Å². The fraction of sp³-hybridized carbons (Fsp3) is 0.217. The number of primary sulfonamides is 1. The molecule has 2 atom stereocenters. The molecule has 0 radical (unpaired) electrons. The van der Waals surface area contributed by atoms with E-state index in [1.165, 1.54) is 20.1 Å². The Labute approximate surface area is 189 Å². The summed E-state index contributed by atoms with van der Waals surface area (Å²) in [5.74, 6) is -1.68. The van der Waals surface area contributed by atoms with E-state index in [1.54, 1.807) is 30.9 Å². The molecule has 0 aliphatic heterocycles. The lowest BCUT2D eigenvalue weighted by molar-refractivity contribution is 0.130. The first kappa shape index (κ1) is 23.0. The quantitative estimate of drug-likeness (QED) is 0.424. The van der Waals surface area contributed by atoms with E-state index < -0.39 is 33.0 Å². The minimum absolute atomic E-state index is 0.0315. The summed E-state index contributed by atoms with van der Waals surface area (Å²) >= 11 is 0. The van der Waals surface area contributed by atoms with E-state index in [2.05, 4.69) is 15.0 Å². The summed E-state index contributed by atoms with van der Waals surface area (Å²) in [6.45, 7) is 1.37. The van der Waals surface area contributed by atoms with E-state index in [4.69, 9.17) is 9.88 Å². The maximum Gasteiger partial charge on any atom is 0.212 e. The fourth-order valence-corrected chi connectivity index (χ4v) is 4.18. The number of pyridine rings is 2. The third kappa shape index (κ3) is 4.50. The van der Waals surface area contributed by atoms with Crippen LogP contribution in [0.5, 0.6) is 0 Å². The SMILES string of the molecule is COC(c1c(F)ccc(CC(C)S(N)(=O)=O)c1F)c1c[nH]c2ncc(-c3cccnc3)cc12. The second kappa shape index (κ2) is 8.97. The number of nitrogens with one attached hydrogen (secondary N) is 1. The van der Waals surface area contributed by atoms with Gasteiger partial charge in [-0.1, -0.05) is 12.1 Å². The molecule has 33 heavy (non-hydrogen) atoms. The van der Waals surface area contributed by atoms with Crippen molar-refractivity contribution in [2.75, 3.05) is 7.11 Å². The van der Waals surface area contributed by atoms with Gasteiger partial charge in [-0.2, -0.15) is 0 Å². The van der Waals surface area contributed by atoms with Crippen molar-refractivity contribution < 1.29 is 21.9 Å². The van der Waals surface area contributed by atoms with Crippen LogP contribution < -0.4 is 5.14 Å². The third-order valence-corrected chi connectivity index (χ3v) is 6.90. The minimum atomic E-state index is -3.88. The number of ether oxygens (including phenoxy) is 1. The van der Waals surface area contributed by atoms with E-state index >= 15 is 4.39 Å². The molecule has 0 amide bonds. The first-order valence-electron chi connectivity index (χ1n) is 10.1. The molecule has 0 bridgehead atoms. The zero-order valence-electron chi connectivity index (χ0n) is 17.9. The van der Waals surface area contributed by atoms with Crippen LogP contribution in [0.15, 0.2) is 55.1 Å². The lowest BCUT2D eigenvalue weighted by Crippen LogP contribution is -2.28. The predicted molar refractivity (Wildman–Crippen MR) is 121 cm³/mol. The number of nitrogens with zero attached hydrogens (tertiary/aromatic N) is 2. The van der Waals surface area contributed by atoms with Gasteiger partial charge in [0.2, 0.25) is 10.0 Å². The molecule has 0 saturated carbocycles. The Morgan fingerprint density at radius 3 is 2.64 bits per heavy atom. The highest BCUT2D eigenvalue weighted by Crippen LogP contribution is 2.36. The molecule has 1 aromatic carbocycles. The van der Waals surface area contributed by atoms with Crippen molar-refractivity contribution >= 4 is 21.1 Å². The van der Waals surface area contributed by atoms with Gasteiger partial charge in [0.1, 0.15) is 23.4 Å². The maximum atomic E-state index is 15.5. The Bertz CT molecular complexity index is 1410. The normalized spacial score (nSPS) is 13.8. The van der Waals surface area contributed by atoms with Gasteiger partial charge >= 0.3 is 0 Å². The van der Waals surface area contributed by atoms with Gasteiger partial charge in [-0.15, -0.1) is 0 Å². The van der Waals surface area contributed by atoms with E-state index in [0.29, 0.717) is 16.6 Å². The van der Waals surface area contributed by atoms with E-state index in [9.17, 15) is 12.8 Å². The fourth-order valence-electron chi connectivity index (χ4n) is 3.77. The molecule has 0 aliphatic rings. The highest BCUT2D eigenvalue weighted by molar-refractivity contribution is 7.89. The van der Waals surface area contributed by atoms with E-state index in [1.807, 2.05) is 12.1 Å². The highest BCUT2D eigenvalue weighted by Gasteiger charge is 2.28. The molecule has 2 unspecified atom stereocenters. The van der Waals surface area contributed by atoms with Crippen LogP contribution in [-0.2, 0) is 21.2 Å². The number of aromatic nitrogens is 3. The minimum Gasteiger partial charge on any atom is -0.372 e. The summed E-state index contributed by atoms with van der Waals surface area (Å²) in [6.07, 6.45) is 5.32. The van der Waals surface area contributed by atoms with Crippen LogP contribution in [-0.4, -0.2) is 35.7 Å². The number of sulfonamides is 1. The van der Waals surface area contributed by atoms with Crippen LogP contribution in [0.25, 0.3) is 22.2 Å². The summed E-state index contributed by atoms with van der Waals surface area (Å²) in [5.41, 5.74) is 2.35. The van der Waals surface area contributed by atoms with Gasteiger partial charge in [0, 0.05) is 54.0 Å². The number of aromatic amines is 1. The second-order valence-electron chi connectivity index (χ2n) is 7.76. The Hall–Kier alpha value is -3.21. The van der Waals surface area contributed by atoms with Crippen molar-refractivity contribution in [3.63, 3.8) is 0 Å². The Morgan fingerprint density at radius 2 is 1.97 bits per heavy atom. The molecule has 0 saturated heterocycles. The van der Waals surface area contributed by atoms with Crippen molar-refractivity contribution in [2.45, 2.75) is 24.7 Å². The lowest BCUT2D eigenvalue weighted by atomic mass is 9.96. The van der Waals surface area contributed by atoms with Crippen LogP contribution in [0.2, 0.25) is 0 Å². The Balaban J connectivity index is 1.81. The van der Waals surface area contributed by atoms with Crippen LogP contribution in [0, 0.1) is 11.6 Å². The number of rotatable bonds is 7. The molecule has 10 heteroatoms. The smallest absolute Gasteiger partial charge is 0.212 e. The third-order valence-electron chi connectivity index (χ3n) is 5.61. The number of H-pyrrole nitrogens is 1. The van der Waals surface area contributed by atoms with Gasteiger partial charge in [-0.05, 0) is 37.1 Å². The van der Waals surface area contributed by atoms with Crippen molar-refractivity contribution in [3.05, 3.63) is 83.4 Å². The number of halogens is 2. The summed E-state index contributed by atoms with van der Waals surface area (Å²) in [4.78, 5) is 11.5. The molecule has 7 nitrogen and oxygen atoms in total. The van der Waals surface area contributed by atoms with Crippen molar-refractivity contribution in [3.8, 4) is 11.1 Å². The largest absolute Gasteiger partial charge is 0.372 e. The van der Waals surface area contributed by atoms with Crippen LogP contribution in [0.3, 0.4) is 0 Å². The number of methoxy groups -OCH3 is 1. The topological polar surface area (TPSA) is 111 Å². The van der Waals surface area contributed by atoms with E-state index in [-0.39, 0.29) is 17.5 Å². The molecule has 4 rings (SSSR count). The molecule has 3 aromatic heterocycles. The molecule has 3 heterocycles. The standard InChI is InChI=1S/C23H22F2N4O3S/c1-13(33(26,30)31)8-14-5-6-19(24)20(21(14)25)22(32-2)18-12-29-23-17(18)9-16(11-28-23)15-4-3-7-27-10-15/h3-7,9-13,22H,8H2,1-2H3,(H,28,29)(H2,26,30,31). The van der Waals surface area contributed by atoms with Gasteiger partial charge in [-0.3, -0.25) is 4.98 Å². The molecular formula is C23H22F2N4O3S. The lowest BCUT2D eigenvalue weighted by Gasteiger charge is -2.19. The molecule has 172 valence electrons. The molecule has 0 spiro atoms. The zero-order valence-corrected chi connectivity index (χ0v) is 18.7. The van der Waals surface area contributed by atoms with Crippen LogP contribution >= 0.6 is 0 Å². The maximum absolute atomic E-state index is 15.5. The average Bonchev–Trinajstić information content (AvgIpc) is 3.21. The van der Waals surface area contributed by atoms with Crippen molar-refractivity contribution in [1.82, 2.24) is 15.0 Å². The predicted octanol–water partition coefficient (Wildman–Crippen LogP) is 3.86. The molecule has 4 aromatic rings. The summed E-state index contributed by atoms with van der Waals surface area (Å²) in [7, 11) is -2.53. The highest BCUT2D eigenvalue weighted by atomic mass is 32.2. The first-order valence-corrected chi connectivity index (χ1v) is 11.7. The number of fused-ring (bicyclic) bond motifs is 1. The zero-order chi connectivity index (χ0) is 23.8. The van der Waals surface area contributed by atoms with Gasteiger partial charge < -0.3 is 9.72 Å². The number of benzene rings is 1. The van der Waals surface area contributed by atoms with Crippen molar-refractivity contribution in [1.29, 1.82) is 0 Å². The second-order valence-corrected chi connectivity index (χ2v) is 9.74. The van der Waals surface area contributed by atoms with Gasteiger partial charge in [-0.25, -0.2) is 27.3 Å². The molecule has 0 aliphatic carbocycles. The number of nitrogens with two attached hydrogens (primary N) is 1. The summed E-state index contributed by atoms with van der Waals surface area (Å²) < 4.78 is 59.1. The number of hydrogen-bond donors (Lipinski definition) is 2. The Morgan fingerprint density at radius 1 is 1.18 bits per heavy atom. The van der Waals surface area contributed by atoms with Gasteiger partial charge in [0.25, 0.3) is 0 Å². The average molecular weight is 473 g/mol. The monoisotopic (exact) mass is 472 g/mol. The summed E-state index contributed by atoms with van der Waals surface area (Å²) in [6, 6.07) is 7.85. The van der Waals surface area contributed by atoms with Crippen LogP contribution in [0.4, 0.5) is 8.78 Å². The molecule has 0 fully saturated rings. The Kier molecular flexibility index (Phi) is 6.24. The van der Waals surface area contributed by atoms with Gasteiger partial charge in [0.05, 0.1) is 10.8 Å². The van der Waals surface area contributed by atoms with Crippen molar-refractivity contribution in [2.24, 2.45) is 5.14 Å². The number of hydrogen-bond acceptors (Lipinski definition) is 5.